The second kappa shape index (κ2) is 10.9. The highest BCUT2D eigenvalue weighted by Gasteiger charge is 2.30. The zero-order valence-electron chi connectivity index (χ0n) is 20.2. The number of hydrogen-bond donors (Lipinski definition) is 5. The number of anilines is 2. The van der Waals surface area contributed by atoms with Crippen LogP contribution in [0.15, 0.2) is 103 Å². The number of fused-ring (bicyclic) bond motifs is 1. The van der Waals surface area contributed by atoms with Crippen molar-refractivity contribution < 1.29 is 19.4 Å². The summed E-state index contributed by atoms with van der Waals surface area (Å²) in [5, 5.41) is 16.6. The predicted octanol–water partition coefficient (Wildman–Crippen LogP) is 4.41. The molecule has 6 N–H and O–H groups in total. The van der Waals surface area contributed by atoms with E-state index in [2.05, 4.69) is 20.6 Å². The molecular weight excluding hydrogens is 482 g/mol. The van der Waals surface area contributed by atoms with Gasteiger partial charge >= 0.3 is 0 Å². The number of aliphatic hydroxyl groups is 1. The lowest BCUT2D eigenvalue weighted by Gasteiger charge is -2.24. The van der Waals surface area contributed by atoms with Crippen molar-refractivity contribution >= 4 is 34.5 Å². The minimum absolute atomic E-state index is 0.256. The maximum atomic E-state index is 13.4. The lowest BCUT2D eigenvalue weighted by Crippen LogP contribution is -2.42. The quantitative estimate of drug-likeness (QED) is 0.211. The minimum Gasteiger partial charge on any atom is -0.457 e. The van der Waals surface area contributed by atoms with Gasteiger partial charge in [0, 0.05) is 5.69 Å². The summed E-state index contributed by atoms with van der Waals surface area (Å²) in [6, 6.07) is 28.6. The fourth-order valence-corrected chi connectivity index (χ4v) is 4.06. The van der Waals surface area contributed by atoms with Crippen LogP contribution in [0.25, 0.3) is 11.0 Å². The van der Waals surface area contributed by atoms with Crippen molar-refractivity contribution in [3.05, 3.63) is 114 Å². The number of nitrogens with two attached hydrogens (primary N) is 1. The van der Waals surface area contributed by atoms with Crippen LogP contribution in [-0.2, 0) is 4.79 Å². The molecule has 1 aromatic heterocycles. The Kier molecular flexibility index (Phi) is 7.01. The third kappa shape index (κ3) is 5.48. The van der Waals surface area contributed by atoms with E-state index in [-0.39, 0.29) is 11.5 Å². The first kappa shape index (κ1) is 24.5. The van der Waals surface area contributed by atoms with E-state index >= 15 is 0 Å². The standard InChI is InChI=1S/C29H25N5O4/c30-29-32-22-16-15-19(17-23(22)33-29)31-28(37)26(35)25(18-9-3-1-4-10-18)34-27(36)21-13-7-8-14-24(21)38-20-11-5-2-6-12-20/h1-17,25-26,35H,(H,31,37)(H,34,36)(H3,30,32,33). The summed E-state index contributed by atoms with van der Waals surface area (Å²) in [5.74, 6) is -0.0323. The van der Waals surface area contributed by atoms with E-state index in [1.807, 2.05) is 24.3 Å². The number of nitrogens with zero attached hydrogens (tertiary/aromatic N) is 1. The van der Waals surface area contributed by atoms with E-state index in [0.717, 1.165) is 0 Å². The van der Waals surface area contributed by atoms with Crippen LogP contribution >= 0.6 is 0 Å². The number of rotatable bonds is 8. The highest BCUT2D eigenvalue weighted by molar-refractivity contribution is 5.99. The van der Waals surface area contributed by atoms with Crippen LogP contribution in [-0.4, -0.2) is 33.0 Å². The van der Waals surface area contributed by atoms with E-state index < -0.39 is 24.0 Å². The average molecular weight is 508 g/mol. The van der Waals surface area contributed by atoms with Crippen molar-refractivity contribution in [3.63, 3.8) is 0 Å². The third-order valence-corrected chi connectivity index (χ3v) is 5.90. The first-order chi connectivity index (χ1) is 18.5. The van der Waals surface area contributed by atoms with E-state index in [1.54, 1.807) is 78.9 Å². The van der Waals surface area contributed by atoms with Gasteiger partial charge in [0.25, 0.3) is 11.8 Å². The fraction of sp³-hybridized carbons (Fsp3) is 0.0690. The van der Waals surface area contributed by atoms with E-state index in [0.29, 0.717) is 33.8 Å². The summed E-state index contributed by atoms with van der Waals surface area (Å²) < 4.78 is 5.92. The summed E-state index contributed by atoms with van der Waals surface area (Å²) in [5.41, 5.74) is 8.23. The normalized spacial score (nSPS) is 12.4. The molecule has 0 aliphatic rings. The molecule has 5 aromatic rings. The minimum atomic E-state index is -1.61. The van der Waals surface area contributed by atoms with E-state index in [1.165, 1.54) is 0 Å². The maximum absolute atomic E-state index is 13.4. The zero-order valence-corrected chi connectivity index (χ0v) is 20.2. The summed E-state index contributed by atoms with van der Waals surface area (Å²) >= 11 is 0. The van der Waals surface area contributed by atoms with Crippen molar-refractivity contribution in [2.45, 2.75) is 12.1 Å². The van der Waals surface area contributed by atoms with Gasteiger partial charge in [0.15, 0.2) is 12.1 Å². The highest BCUT2D eigenvalue weighted by atomic mass is 16.5. The molecule has 5 rings (SSSR count). The molecule has 0 aliphatic carbocycles. The Bertz CT molecular complexity index is 1570. The smallest absolute Gasteiger partial charge is 0.255 e. The SMILES string of the molecule is Nc1nc2ccc(NC(=O)C(O)C(NC(=O)c3ccccc3Oc3ccccc3)c3ccccc3)cc2[nH]1. The van der Waals surface area contributed by atoms with Crippen LogP contribution < -0.4 is 21.1 Å². The highest BCUT2D eigenvalue weighted by Crippen LogP contribution is 2.27. The number of aromatic amines is 1. The van der Waals surface area contributed by atoms with Gasteiger partial charge in [-0.25, -0.2) is 4.98 Å². The number of benzene rings is 4. The van der Waals surface area contributed by atoms with Crippen molar-refractivity contribution in [3.8, 4) is 11.5 Å². The number of H-pyrrole nitrogens is 1. The number of aromatic nitrogens is 2. The molecule has 0 saturated carbocycles. The summed E-state index contributed by atoms with van der Waals surface area (Å²) in [4.78, 5) is 33.6. The Hall–Kier alpha value is -5.15. The predicted molar refractivity (Wildman–Crippen MR) is 145 cm³/mol. The van der Waals surface area contributed by atoms with Crippen LogP contribution in [0.5, 0.6) is 11.5 Å². The number of carbonyl (C=O) groups is 2. The van der Waals surface area contributed by atoms with Gasteiger partial charge in [-0.1, -0.05) is 60.7 Å². The molecule has 1 heterocycles. The second-order valence-electron chi connectivity index (χ2n) is 8.56. The Morgan fingerprint density at radius 2 is 1.58 bits per heavy atom. The molecule has 0 radical (unpaired) electrons. The molecule has 9 nitrogen and oxygen atoms in total. The van der Waals surface area contributed by atoms with Crippen molar-refractivity contribution in [1.82, 2.24) is 15.3 Å². The number of ether oxygens (including phenoxy) is 1. The molecule has 9 heteroatoms. The van der Waals surface area contributed by atoms with Gasteiger partial charge in [-0.3, -0.25) is 9.59 Å². The molecule has 2 atom stereocenters. The van der Waals surface area contributed by atoms with Gasteiger partial charge in [-0.15, -0.1) is 0 Å². The monoisotopic (exact) mass is 507 g/mol. The maximum Gasteiger partial charge on any atom is 0.255 e. The Morgan fingerprint density at radius 1 is 0.895 bits per heavy atom. The van der Waals surface area contributed by atoms with Gasteiger partial charge in [-0.05, 0) is 48.0 Å². The molecular formula is C29H25N5O4. The van der Waals surface area contributed by atoms with E-state index in [4.69, 9.17) is 10.5 Å². The van der Waals surface area contributed by atoms with Crippen molar-refractivity contribution in [2.75, 3.05) is 11.1 Å². The number of carbonyl (C=O) groups excluding carboxylic acids is 2. The van der Waals surface area contributed by atoms with Crippen LogP contribution in [0.2, 0.25) is 0 Å². The molecule has 190 valence electrons. The van der Waals surface area contributed by atoms with Crippen molar-refractivity contribution in [2.24, 2.45) is 0 Å². The van der Waals surface area contributed by atoms with Crippen LogP contribution in [0.3, 0.4) is 0 Å². The Balaban J connectivity index is 1.38. The zero-order chi connectivity index (χ0) is 26.5. The van der Waals surface area contributed by atoms with Gasteiger partial charge in [-0.2, -0.15) is 0 Å². The summed E-state index contributed by atoms with van der Waals surface area (Å²) in [6.45, 7) is 0. The number of para-hydroxylation sites is 2. The molecule has 0 fully saturated rings. The van der Waals surface area contributed by atoms with E-state index in [9.17, 15) is 14.7 Å². The number of amides is 2. The second-order valence-corrected chi connectivity index (χ2v) is 8.56. The fourth-order valence-electron chi connectivity index (χ4n) is 4.06. The average Bonchev–Trinajstić information content (AvgIpc) is 3.32. The first-order valence-corrected chi connectivity index (χ1v) is 11.9. The van der Waals surface area contributed by atoms with Crippen LogP contribution in [0, 0.1) is 0 Å². The largest absolute Gasteiger partial charge is 0.457 e. The van der Waals surface area contributed by atoms with Gasteiger partial charge in [0.1, 0.15) is 11.5 Å². The lowest BCUT2D eigenvalue weighted by atomic mass is 9.99. The number of hydrogen-bond acceptors (Lipinski definition) is 6. The molecule has 38 heavy (non-hydrogen) atoms. The lowest BCUT2D eigenvalue weighted by molar-refractivity contribution is -0.125. The summed E-state index contributed by atoms with van der Waals surface area (Å²) in [6.07, 6.45) is -1.61. The van der Waals surface area contributed by atoms with Gasteiger partial charge in [0.2, 0.25) is 0 Å². The van der Waals surface area contributed by atoms with Crippen LogP contribution in [0.4, 0.5) is 11.6 Å². The molecule has 2 unspecified atom stereocenters. The van der Waals surface area contributed by atoms with Crippen LogP contribution in [0.1, 0.15) is 22.0 Å². The first-order valence-electron chi connectivity index (χ1n) is 11.9. The Labute approximate surface area is 218 Å². The summed E-state index contributed by atoms with van der Waals surface area (Å²) in [7, 11) is 0. The molecule has 0 spiro atoms. The molecule has 0 saturated heterocycles. The molecule has 2 amide bonds. The number of aliphatic hydroxyl groups excluding tert-OH is 1. The van der Waals surface area contributed by atoms with Crippen molar-refractivity contribution in [1.29, 1.82) is 0 Å². The number of nitrogen functional groups attached to an aromatic ring is 1. The third-order valence-electron chi connectivity index (χ3n) is 5.90. The molecule has 0 bridgehead atoms. The Morgan fingerprint density at radius 3 is 2.34 bits per heavy atom. The number of nitrogens with one attached hydrogen (secondary N) is 3. The molecule has 4 aromatic carbocycles. The topological polar surface area (TPSA) is 142 Å². The van der Waals surface area contributed by atoms with Gasteiger partial charge < -0.3 is 31.2 Å². The molecule has 0 aliphatic heterocycles. The van der Waals surface area contributed by atoms with Gasteiger partial charge in [0.05, 0.1) is 22.6 Å². The number of imidazole rings is 1.